The van der Waals surface area contributed by atoms with Gasteiger partial charge in [0.25, 0.3) is 5.91 Å². The molecule has 0 radical (unpaired) electrons. The van der Waals surface area contributed by atoms with Crippen LogP contribution in [0.4, 0.5) is 4.39 Å². The molecule has 0 unspecified atom stereocenters. The molecule has 0 aliphatic heterocycles. The summed E-state index contributed by atoms with van der Waals surface area (Å²) in [4.78, 5) is 25.0. The van der Waals surface area contributed by atoms with E-state index in [1.54, 1.807) is 18.2 Å². The van der Waals surface area contributed by atoms with Crippen LogP contribution in [0.3, 0.4) is 0 Å². The Kier molecular flexibility index (Phi) is 6.45. The highest BCUT2D eigenvalue weighted by atomic mass is 19.1. The van der Waals surface area contributed by atoms with Gasteiger partial charge < -0.3 is 10.1 Å². The zero-order valence-electron chi connectivity index (χ0n) is 16.1. The minimum Gasteiger partial charge on any atom is -0.455 e. The number of halogens is 1. The molecule has 1 N–H and O–H groups in total. The summed E-state index contributed by atoms with van der Waals surface area (Å²) in [6.07, 6.45) is 2.76. The summed E-state index contributed by atoms with van der Waals surface area (Å²) in [5.74, 6) is -1.11. The van der Waals surface area contributed by atoms with Crippen molar-refractivity contribution in [2.45, 2.75) is 43.9 Å². The first-order valence-corrected chi connectivity index (χ1v) is 9.77. The quantitative estimate of drug-likeness (QED) is 0.733. The molecule has 0 heterocycles. The highest BCUT2D eigenvalue weighted by Gasteiger charge is 2.45. The average molecular weight is 383 g/mol. The van der Waals surface area contributed by atoms with Gasteiger partial charge in [-0.05, 0) is 30.4 Å². The molecule has 1 aliphatic rings. The topological polar surface area (TPSA) is 55.4 Å². The van der Waals surface area contributed by atoms with Crippen LogP contribution < -0.4 is 5.32 Å². The molecule has 2 aromatic rings. The van der Waals surface area contributed by atoms with Crippen molar-refractivity contribution in [2.75, 3.05) is 13.2 Å². The Balaban J connectivity index is 1.56. The minimum absolute atomic E-state index is 0.153. The van der Waals surface area contributed by atoms with E-state index in [4.69, 9.17) is 4.74 Å². The van der Waals surface area contributed by atoms with E-state index in [0.29, 0.717) is 24.9 Å². The molecule has 2 aromatic carbocycles. The Hall–Kier alpha value is -2.69. The lowest BCUT2D eigenvalue weighted by Crippen LogP contribution is -2.39. The summed E-state index contributed by atoms with van der Waals surface area (Å²) in [5.41, 5.74) is 0.517. The summed E-state index contributed by atoms with van der Waals surface area (Å²) >= 11 is 0. The van der Waals surface area contributed by atoms with Gasteiger partial charge in [0.05, 0.1) is 5.41 Å². The maximum Gasteiger partial charge on any atom is 0.317 e. The van der Waals surface area contributed by atoms with Crippen LogP contribution in [0.5, 0.6) is 0 Å². The van der Waals surface area contributed by atoms with Crippen molar-refractivity contribution >= 4 is 11.9 Å². The molecule has 28 heavy (non-hydrogen) atoms. The number of carbonyl (C=O) groups excluding carboxylic acids is 2. The summed E-state index contributed by atoms with van der Waals surface area (Å²) in [5, 5.41) is 2.80. The van der Waals surface area contributed by atoms with Gasteiger partial charge >= 0.3 is 5.97 Å². The smallest absolute Gasteiger partial charge is 0.317 e. The second-order valence-electron chi connectivity index (χ2n) is 7.46. The molecule has 1 fully saturated rings. The van der Waals surface area contributed by atoms with Gasteiger partial charge in [0.2, 0.25) is 0 Å². The lowest BCUT2D eigenvalue weighted by atomic mass is 9.78. The van der Waals surface area contributed by atoms with Crippen LogP contribution in [0.15, 0.2) is 54.6 Å². The Morgan fingerprint density at radius 3 is 2.39 bits per heavy atom. The van der Waals surface area contributed by atoms with Gasteiger partial charge in [0.15, 0.2) is 6.61 Å². The fraction of sp³-hybridized carbons (Fsp3) is 0.391. The first kappa shape index (κ1) is 20.1. The van der Waals surface area contributed by atoms with Gasteiger partial charge in [-0.25, -0.2) is 4.39 Å². The van der Waals surface area contributed by atoms with E-state index < -0.39 is 17.2 Å². The fourth-order valence-corrected chi connectivity index (χ4v) is 3.90. The van der Waals surface area contributed by atoms with Crippen molar-refractivity contribution in [1.29, 1.82) is 0 Å². The molecule has 0 spiro atoms. The van der Waals surface area contributed by atoms with Crippen LogP contribution in [0.25, 0.3) is 0 Å². The molecular weight excluding hydrogens is 357 g/mol. The molecule has 1 aliphatic carbocycles. The first-order chi connectivity index (χ1) is 13.5. The van der Waals surface area contributed by atoms with Crippen LogP contribution >= 0.6 is 0 Å². The van der Waals surface area contributed by atoms with Crippen molar-refractivity contribution in [3.05, 3.63) is 71.5 Å². The summed E-state index contributed by atoms with van der Waals surface area (Å²) in [6.45, 7) is 2.13. The van der Waals surface area contributed by atoms with Crippen LogP contribution in [0.2, 0.25) is 0 Å². The molecule has 1 saturated carbocycles. The zero-order chi connectivity index (χ0) is 20.0. The van der Waals surface area contributed by atoms with Crippen LogP contribution in [-0.4, -0.2) is 25.0 Å². The number of rotatable bonds is 7. The minimum atomic E-state index is -0.983. The molecule has 5 heteroatoms. The predicted molar refractivity (Wildman–Crippen MR) is 105 cm³/mol. The third-order valence-corrected chi connectivity index (χ3v) is 5.55. The highest BCUT2D eigenvalue weighted by molar-refractivity contribution is 5.86. The SMILES string of the molecule is C[C@H](CNC(=O)COC(=O)C1(c2ccccc2F)CCCC1)c1ccccc1. The Bertz CT molecular complexity index is 816. The van der Waals surface area contributed by atoms with Crippen molar-refractivity contribution in [3.8, 4) is 0 Å². The number of esters is 1. The van der Waals surface area contributed by atoms with Gasteiger partial charge in [-0.2, -0.15) is 0 Å². The molecule has 0 bridgehead atoms. The highest BCUT2D eigenvalue weighted by Crippen LogP contribution is 2.43. The Labute approximate surface area is 165 Å². The fourth-order valence-electron chi connectivity index (χ4n) is 3.90. The average Bonchev–Trinajstić information content (AvgIpc) is 3.22. The standard InChI is InChI=1S/C23H26FNO3/c1-17(18-9-3-2-4-10-18)15-25-21(26)16-28-22(27)23(13-7-8-14-23)19-11-5-6-12-20(19)24/h2-6,9-12,17H,7-8,13-16H2,1H3,(H,25,26)/t17-/m1/s1. The molecule has 1 amide bonds. The number of amides is 1. The van der Waals surface area contributed by atoms with Gasteiger partial charge in [0, 0.05) is 12.1 Å². The predicted octanol–water partition coefficient (Wildman–Crippen LogP) is 4.10. The van der Waals surface area contributed by atoms with E-state index in [9.17, 15) is 14.0 Å². The van der Waals surface area contributed by atoms with Crippen LogP contribution in [0.1, 0.15) is 49.7 Å². The van der Waals surface area contributed by atoms with E-state index in [1.165, 1.54) is 6.07 Å². The zero-order valence-corrected chi connectivity index (χ0v) is 16.1. The second-order valence-corrected chi connectivity index (χ2v) is 7.46. The summed E-state index contributed by atoms with van der Waals surface area (Å²) < 4.78 is 19.7. The maximum atomic E-state index is 14.3. The Morgan fingerprint density at radius 1 is 1.07 bits per heavy atom. The summed E-state index contributed by atoms with van der Waals surface area (Å²) in [7, 11) is 0. The molecule has 3 rings (SSSR count). The summed E-state index contributed by atoms with van der Waals surface area (Å²) in [6, 6.07) is 16.2. The van der Waals surface area contributed by atoms with Crippen molar-refractivity contribution < 1.29 is 18.7 Å². The largest absolute Gasteiger partial charge is 0.455 e. The van der Waals surface area contributed by atoms with E-state index >= 15 is 0 Å². The number of hydrogen-bond acceptors (Lipinski definition) is 3. The molecule has 148 valence electrons. The first-order valence-electron chi connectivity index (χ1n) is 9.77. The molecule has 0 saturated heterocycles. The van der Waals surface area contributed by atoms with Crippen molar-refractivity contribution in [3.63, 3.8) is 0 Å². The lowest BCUT2D eigenvalue weighted by molar-refractivity contribution is -0.154. The monoisotopic (exact) mass is 383 g/mol. The Morgan fingerprint density at radius 2 is 1.71 bits per heavy atom. The van der Waals surface area contributed by atoms with Crippen molar-refractivity contribution in [2.24, 2.45) is 0 Å². The number of ether oxygens (including phenoxy) is 1. The van der Waals surface area contributed by atoms with Crippen molar-refractivity contribution in [1.82, 2.24) is 5.32 Å². The number of hydrogen-bond donors (Lipinski definition) is 1. The normalized spacial score (nSPS) is 16.4. The van der Waals surface area contributed by atoms with Crippen LogP contribution in [-0.2, 0) is 19.7 Å². The van der Waals surface area contributed by atoms with E-state index in [-0.39, 0.29) is 18.4 Å². The number of carbonyl (C=O) groups is 2. The van der Waals surface area contributed by atoms with Gasteiger partial charge in [-0.15, -0.1) is 0 Å². The van der Waals surface area contributed by atoms with Crippen LogP contribution in [0, 0.1) is 5.82 Å². The molecule has 4 nitrogen and oxygen atoms in total. The molecular formula is C23H26FNO3. The molecule has 1 atom stereocenters. The molecule has 0 aromatic heterocycles. The van der Waals surface area contributed by atoms with Gasteiger partial charge in [-0.1, -0.05) is 68.3 Å². The third-order valence-electron chi connectivity index (χ3n) is 5.55. The maximum absolute atomic E-state index is 14.3. The van der Waals surface area contributed by atoms with E-state index in [2.05, 4.69) is 5.32 Å². The second kappa shape index (κ2) is 9.00. The number of benzene rings is 2. The van der Waals surface area contributed by atoms with E-state index in [1.807, 2.05) is 37.3 Å². The van der Waals surface area contributed by atoms with E-state index in [0.717, 1.165) is 18.4 Å². The third kappa shape index (κ3) is 4.41. The van der Waals surface area contributed by atoms with Gasteiger partial charge in [-0.3, -0.25) is 9.59 Å². The lowest BCUT2D eigenvalue weighted by Gasteiger charge is -2.27. The van der Waals surface area contributed by atoms with Gasteiger partial charge in [0.1, 0.15) is 5.82 Å². The number of nitrogens with one attached hydrogen (secondary N) is 1.